The van der Waals surface area contributed by atoms with Gasteiger partial charge < -0.3 is 4.90 Å². The Labute approximate surface area is 318 Å². The lowest BCUT2D eigenvalue weighted by Crippen LogP contribution is -2.26. The molecule has 0 aromatic heterocycles. The quantitative estimate of drug-likeness (QED) is 0.157. The van der Waals surface area contributed by atoms with Crippen LogP contribution in [-0.2, 0) is 10.8 Å². The van der Waals surface area contributed by atoms with E-state index in [1.807, 2.05) is 0 Å². The van der Waals surface area contributed by atoms with Gasteiger partial charge >= 0.3 is 0 Å². The van der Waals surface area contributed by atoms with Gasteiger partial charge in [-0.2, -0.15) is 0 Å². The van der Waals surface area contributed by atoms with Crippen molar-refractivity contribution in [3.05, 3.63) is 233 Å². The van der Waals surface area contributed by atoms with Gasteiger partial charge in [-0.15, -0.1) is 0 Å². The zero-order valence-electron chi connectivity index (χ0n) is 30.9. The lowest BCUT2D eigenvalue weighted by Gasteiger charge is -2.31. The van der Waals surface area contributed by atoms with E-state index in [0.29, 0.717) is 0 Å². The van der Waals surface area contributed by atoms with Gasteiger partial charge in [-0.3, -0.25) is 0 Å². The van der Waals surface area contributed by atoms with Crippen molar-refractivity contribution in [1.82, 2.24) is 0 Å². The summed E-state index contributed by atoms with van der Waals surface area (Å²) in [5.41, 5.74) is 20.3. The summed E-state index contributed by atoms with van der Waals surface area (Å²) < 4.78 is 0. The molecule has 0 saturated heterocycles. The van der Waals surface area contributed by atoms with Crippen LogP contribution in [0, 0.1) is 0 Å². The zero-order valence-corrected chi connectivity index (χ0v) is 30.9. The summed E-state index contributed by atoms with van der Waals surface area (Å²) in [5.74, 6) is 0. The third-order valence-electron chi connectivity index (χ3n) is 12.1. The smallest absolute Gasteiger partial charge is 0.0726 e. The summed E-state index contributed by atoms with van der Waals surface area (Å²) >= 11 is 0. The number of fused-ring (bicyclic) bond motifs is 13. The minimum absolute atomic E-state index is 0.0993. The maximum atomic E-state index is 2.47. The van der Waals surface area contributed by atoms with Crippen LogP contribution in [0.5, 0.6) is 0 Å². The Morgan fingerprint density at radius 2 is 0.870 bits per heavy atom. The third kappa shape index (κ3) is 4.64. The van der Waals surface area contributed by atoms with Gasteiger partial charge in [-0.05, 0) is 115 Å². The Hall–Kier alpha value is -6.44. The van der Waals surface area contributed by atoms with Crippen LogP contribution < -0.4 is 4.90 Å². The lowest BCUT2D eigenvalue weighted by molar-refractivity contribution is 0.660. The van der Waals surface area contributed by atoms with Crippen LogP contribution in [0.25, 0.3) is 39.0 Å². The Balaban J connectivity index is 1.14. The molecule has 0 atom stereocenters. The van der Waals surface area contributed by atoms with Gasteiger partial charge in [-0.1, -0.05) is 172 Å². The predicted octanol–water partition coefficient (Wildman–Crippen LogP) is 13.6. The van der Waals surface area contributed by atoms with Crippen molar-refractivity contribution in [3.8, 4) is 33.4 Å². The molecule has 0 bridgehead atoms. The molecule has 0 radical (unpaired) electrons. The maximum absolute atomic E-state index is 2.47. The Kier molecular flexibility index (Phi) is 7.35. The van der Waals surface area contributed by atoms with Gasteiger partial charge in [0.2, 0.25) is 0 Å². The molecule has 3 aliphatic rings. The number of anilines is 2. The van der Waals surface area contributed by atoms with Crippen LogP contribution in [0.1, 0.15) is 59.7 Å². The summed E-state index contributed by atoms with van der Waals surface area (Å²) in [5, 5.41) is 0. The van der Waals surface area contributed by atoms with Gasteiger partial charge in [0, 0.05) is 23.0 Å². The van der Waals surface area contributed by atoms with Gasteiger partial charge in [0.05, 0.1) is 5.41 Å². The molecule has 0 N–H and O–H groups in total. The van der Waals surface area contributed by atoms with Crippen molar-refractivity contribution in [1.29, 1.82) is 0 Å². The second-order valence-corrected chi connectivity index (χ2v) is 15.3. The first kappa shape index (κ1) is 32.2. The second kappa shape index (κ2) is 12.3. The van der Waals surface area contributed by atoms with Crippen molar-refractivity contribution in [2.45, 2.75) is 31.6 Å². The molecule has 0 amide bonds. The second-order valence-electron chi connectivity index (χ2n) is 15.3. The molecular weight excluding hydrogens is 651 g/mol. The van der Waals surface area contributed by atoms with Crippen molar-refractivity contribution in [2.75, 3.05) is 4.90 Å². The number of rotatable bonds is 6. The van der Waals surface area contributed by atoms with Crippen molar-refractivity contribution >= 4 is 16.9 Å². The SMILES string of the molecule is C\C(=C/C=C\C=C\N(c1ccc2c(c1)C(C)(C)c1ccccc1-2)c1ccc2c(c1)C1(c3ccccc3-c3ccccc31)c1ccccc1-2)c1ccccc1. The van der Waals surface area contributed by atoms with Crippen LogP contribution in [0.4, 0.5) is 11.4 Å². The minimum Gasteiger partial charge on any atom is -0.317 e. The highest BCUT2D eigenvalue weighted by Crippen LogP contribution is 2.63. The van der Waals surface area contributed by atoms with Crippen LogP contribution in [0.3, 0.4) is 0 Å². The first-order valence-corrected chi connectivity index (χ1v) is 19.0. The van der Waals surface area contributed by atoms with E-state index in [0.717, 1.165) is 11.4 Å². The van der Waals surface area contributed by atoms with E-state index >= 15 is 0 Å². The fourth-order valence-corrected chi connectivity index (χ4v) is 9.59. The fraction of sp³-hybridized carbons (Fsp3) is 0.0943. The highest BCUT2D eigenvalue weighted by atomic mass is 15.1. The molecule has 10 rings (SSSR count). The highest BCUT2D eigenvalue weighted by Gasteiger charge is 2.51. The van der Waals surface area contributed by atoms with Crippen molar-refractivity contribution in [3.63, 3.8) is 0 Å². The van der Waals surface area contributed by atoms with E-state index in [2.05, 4.69) is 220 Å². The summed E-state index contributed by atoms with van der Waals surface area (Å²) in [6, 6.07) is 60.7. The van der Waals surface area contributed by atoms with E-state index in [1.54, 1.807) is 0 Å². The maximum Gasteiger partial charge on any atom is 0.0726 e. The molecule has 7 aromatic rings. The number of allylic oxidation sites excluding steroid dienone is 5. The van der Waals surface area contributed by atoms with Crippen molar-refractivity contribution in [2.24, 2.45) is 0 Å². The average Bonchev–Trinajstić information content (AvgIpc) is 3.78. The van der Waals surface area contributed by atoms with Crippen LogP contribution in [0.2, 0.25) is 0 Å². The van der Waals surface area contributed by atoms with E-state index in [4.69, 9.17) is 0 Å². The molecule has 1 heteroatoms. The average molecular weight is 692 g/mol. The normalized spacial score (nSPS) is 15.2. The van der Waals surface area contributed by atoms with E-state index < -0.39 is 5.41 Å². The van der Waals surface area contributed by atoms with E-state index in [1.165, 1.54) is 77.9 Å². The largest absolute Gasteiger partial charge is 0.317 e. The monoisotopic (exact) mass is 691 g/mol. The zero-order chi connectivity index (χ0) is 36.4. The molecule has 0 aliphatic heterocycles. The Morgan fingerprint density at radius 1 is 0.426 bits per heavy atom. The van der Waals surface area contributed by atoms with Gasteiger partial charge in [0.25, 0.3) is 0 Å². The number of benzene rings is 7. The molecular formula is C53H41N. The first-order chi connectivity index (χ1) is 26.5. The van der Waals surface area contributed by atoms with Crippen LogP contribution >= 0.6 is 0 Å². The summed E-state index contributed by atoms with van der Waals surface area (Å²) in [4.78, 5) is 2.38. The van der Waals surface area contributed by atoms with Gasteiger partial charge in [-0.25, -0.2) is 0 Å². The molecule has 0 fully saturated rings. The summed E-state index contributed by atoms with van der Waals surface area (Å²) in [6.07, 6.45) is 10.9. The predicted molar refractivity (Wildman–Crippen MR) is 227 cm³/mol. The molecule has 1 spiro atoms. The van der Waals surface area contributed by atoms with Crippen LogP contribution in [0.15, 0.2) is 194 Å². The first-order valence-electron chi connectivity index (χ1n) is 19.0. The number of nitrogens with zero attached hydrogens (tertiary/aromatic N) is 1. The third-order valence-corrected chi connectivity index (χ3v) is 12.1. The minimum atomic E-state index is -0.397. The fourth-order valence-electron chi connectivity index (χ4n) is 9.59. The van der Waals surface area contributed by atoms with E-state index in [-0.39, 0.29) is 5.41 Å². The molecule has 0 saturated carbocycles. The molecule has 258 valence electrons. The topological polar surface area (TPSA) is 3.24 Å². The number of hydrogen-bond acceptors (Lipinski definition) is 1. The van der Waals surface area contributed by atoms with Gasteiger partial charge in [0.1, 0.15) is 0 Å². The summed E-state index contributed by atoms with van der Waals surface area (Å²) in [6.45, 7) is 6.88. The van der Waals surface area contributed by atoms with Crippen LogP contribution in [-0.4, -0.2) is 0 Å². The molecule has 3 aliphatic carbocycles. The molecule has 0 unspecified atom stereocenters. The Morgan fingerprint density at radius 3 is 1.44 bits per heavy atom. The Bertz CT molecular complexity index is 2640. The van der Waals surface area contributed by atoms with Gasteiger partial charge in [0.15, 0.2) is 0 Å². The lowest BCUT2D eigenvalue weighted by atomic mass is 9.70. The molecule has 7 aromatic carbocycles. The molecule has 54 heavy (non-hydrogen) atoms. The highest BCUT2D eigenvalue weighted by molar-refractivity contribution is 5.96. The van der Waals surface area contributed by atoms with Crippen molar-refractivity contribution < 1.29 is 0 Å². The standard InChI is InChI=1S/C53H41N/c1-36(37-19-7-4-8-20-37)18-6-5-17-33-54(38-29-31-44-40-21-9-13-25-46(40)52(2,3)50(44)34-38)39-30-32-45-43-24-12-16-28-49(43)53(51(45)35-39)47-26-14-10-22-41(47)42-23-11-15-27-48(42)53/h4-35H,1-3H3/b6-5-,33-17+,36-18+. The van der Waals surface area contributed by atoms with E-state index in [9.17, 15) is 0 Å². The molecule has 0 heterocycles. The molecule has 1 nitrogen and oxygen atoms in total. The number of hydrogen-bond donors (Lipinski definition) is 0. The summed E-state index contributed by atoms with van der Waals surface area (Å²) in [7, 11) is 0.